The first-order chi connectivity index (χ1) is 6.06. The van der Waals surface area contributed by atoms with E-state index < -0.39 is 0 Å². The molecule has 0 aliphatic rings. The third kappa shape index (κ3) is 8.00. The van der Waals surface area contributed by atoms with Gasteiger partial charge in [0.2, 0.25) is 0 Å². The largest absolute Gasteiger partial charge is 0.356 e. The van der Waals surface area contributed by atoms with Crippen LogP contribution in [0.3, 0.4) is 0 Å². The van der Waals surface area contributed by atoms with E-state index in [0.29, 0.717) is 12.5 Å². The summed E-state index contributed by atoms with van der Waals surface area (Å²) in [5.41, 5.74) is 1.28. The fourth-order valence-electron chi connectivity index (χ4n) is 0.939. The summed E-state index contributed by atoms with van der Waals surface area (Å²) in [4.78, 5) is 0. The van der Waals surface area contributed by atoms with Crippen molar-refractivity contribution in [3.8, 4) is 0 Å². The molecule has 0 saturated carbocycles. The van der Waals surface area contributed by atoms with Crippen molar-refractivity contribution < 1.29 is 9.47 Å². The molecule has 0 bridgehead atoms. The Morgan fingerprint density at radius 3 is 2.31 bits per heavy atom. The number of rotatable bonds is 6. The molecule has 0 aromatic heterocycles. The van der Waals surface area contributed by atoms with Crippen molar-refractivity contribution in [2.45, 2.75) is 40.4 Å². The summed E-state index contributed by atoms with van der Waals surface area (Å²) in [7, 11) is 1.69. The highest BCUT2D eigenvalue weighted by atomic mass is 16.7. The highest BCUT2D eigenvalue weighted by Crippen LogP contribution is 2.08. The van der Waals surface area contributed by atoms with E-state index in [-0.39, 0.29) is 6.29 Å². The zero-order valence-corrected chi connectivity index (χ0v) is 9.46. The minimum absolute atomic E-state index is 0.0596. The highest BCUT2D eigenvalue weighted by Gasteiger charge is 2.08. The Bertz CT molecular complexity index is 146. The molecule has 13 heavy (non-hydrogen) atoms. The Kier molecular flexibility index (Phi) is 6.92. The molecule has 78 valence electrons. The maximum absolute atomic E-state index is 5.51. The summed E-state index contributed by atoms with van der Waals surface area (Å²) < 4.78 is 10.7. The Labute approximate surface area is 81.9 Å². The minimum atomic E-state index is -0.0596. The Hall–Kier alpha value is -0.340. The van der Waals surface area contributed by atoms with Gasteiger partial charge in [0.15, 0.2) is 6.29 Å². The van der Waals surface area contributed by atoms with Gasteiger partial charge in [-0.3, -0.25) is 0 Å². The van der Waals surface area contributed by atoms with Crippen LogP contribution in [-0.2, 0) is 9.47 Å². The van der Waals surface area contributed by atoms with E-state index in [9.17, 15) is 0 Å². The highest BCUT2D eigenvalue weighted by molar-refractivity contribution is 4.92. The standard InChI is InChI=1S/C11H22O2/c1-9(2)6-7-13-11(12-5)8-10(3)4/h6,10-11H,7-8H2,1-5H3. The van der Waals surface area contributed by atoms with Crippen molar-refractivity contribution in [1.29, 1.82) is 0 Å². The van der Waals surface area contributed by atoms with E-state index in [2.05, 4.69) is 33.8 Å². The molecule has 0 aromatic rings. The van der Waals surface area contributed by atoms with Gasteiger partial charge in [-0.2, -0.15) is 0 Å². The molecule has 0 spiro atoms. The number of hydrogen-bond donors (Lipinski definition) is 0. The maximum atomic E-state index is 5.51. The number of methoxy groups -OCH3 is 1. The van der Waals surface area contributed by atoms with E-state index >= 15 is 0 Å². The van der Waals surface area contributed by atoms with E-state index in [4.69, 9.17) is 9.47 Å². The number of allylic oxidation sites excluding steroid dienone is 1. The zero-order chi connectivity index (χ0) is 10.3. The van der Waals surface area contributed by atoms with E-state index in [0.717, 1.165) is 6.42 Å². The minimum Gasteiger partial charge on any atom is -0.356 e. The molecule has 2 heteroatoms. The van der Waals surface area contributed by atoms with Crippen molar-refractivity contribution in [2.75, 3.05) is 13.7 Å². The topological polar surface area (TPSA) is 18.5 Å². The van der Waals surface area contributed by atoms with Crippen LogP contribution >= 0.6 is 0 Å². The number of hydrogen-bond acceptors (Lipinski definition) is 2. The van der Waals surface area contributed by atoms with Crippen molar-refractivity contribution in [3.63, 3.8) is 0 Å². The van der Waals surface area contributed by atoms with Crippen molar-refractivity contribution >= 4 is 0 Å². The summed E-state index contributed by atoms with van der Waals surface area (Å²) >= 11 is 0. The Balaban J connectivity index is 3.66. The Morgan fingerprint density at radius 1 is 1.31 bits per heavy atom. The van der Waals surface area contributed by atoms with E-state index in [1.54, 1.807) is 7.11 Å². The van der Waals surface area contributed by atoms with Crippen LogP contribution in [0.5, 0.6) is 0 Å². The third-order valence-electron chi connectivity index (χ3n) is 1.70. The lowest BCUT2D eigenvalue weighted by atomic mass is 10.1. The molecule has 0 amide bonds. The molecule has 1 atom stereocenters. The van der Waals surface area contributed by atoms with Crippen LogP contribution in [0.4, 0.5) is 0 Å². The first kappa shape index (κ1) is 12.7. The molecule has 0 rings (SSSR count). The molecule has 0 fully saturated rings. The van der Waals surface area contributed by atoms with Gasteiger partial charge in [-0.1, -0.05) is 25.5 Å². The van der Waals surface area contributed by atoms with E-state index in [1.165, 1.54) is 5.57 Å². The molecule has 0 heterocycles. The smallest absolute Gasteiger partial charge is 0.157 e. The summed E-state index contributed by atoms with van der Waals surface area (Å²) in [5.74, 6) is 0.608. The van der Waals surface area contributed by atoms with Gasteiger partial charge < -0.3 is 9.47 Å². The average Bonchev–Trinajstić information content (AvgIpc) is 2.01. The molecule has 0 aliphatic carbocycles. The van der Waals surface area contributed by atoms with Crippen LogP contribution in [0.15, 0.2) is 11.6 Å². The van der Waals surface area contributed by atoms with Gasteiger partial charge in [0.1, 0.15) is 0 Å². The number of ether oxygens (including phenoxy) is 2. The first-order valence-electron chi connectivity index (χ1n) is 4.84. The average molecular weight is 186 g/mol. The molecule has 0 radical (unpaired) electrons. The summed E-state index contributed by atoms with van der Waals surface area (Å²) in [5, 5.41) is 0. The van der Waals surface area contributed by atoms with Gasteiger partial charge in [-0.15, -0.1) is 0 Å². The first-order valence-corrected chi connectivity index (χ1v) is 4.84. The normalized spacial score (nSPS) is 13.1. The van der Waals surface area contributed by atoms with Crippen LogP contribution in [-0.4, -0.2) is 20.0 Å². The van der Waals surface area contributed by atoms with Gasteiger partial charge in [0.25, 0.3) is 0 Å². The summed E-state index contributed by atoms with van der Waals surface area (Å²) in [6.07, 6.45) is 2.95. The lowest BCUT2D eigenvalue weighted by Crippen LogP contribution is -2.17. The van der Waals surface area contributed by atoms with Crippen molar-refractivity contribution in [1.82, 2.24) is 0 Å². The van der Waals surface area contributed by atoms with Gasteiger partial charge in [-0.25, -0.2) is 0 Å². The lowest BCUT2D eigenvalue weighted by molar-refractivity contribution is -0.124. The van der Waals surface area contributed by atoms with Crippen LogP contribution in [0.1, 0.15) is 34.1 Å². The third-order valence-corrected chi connectivity index (χ3v) is 1.70. The molecule has 1 unspecified atom stereocenters. The Morgan fingerprint density at radius 2 is 1.92 bits per heavy atom. The fourth-order valence-corrected chi connectivity index (χ4v) is 0.939. The van der Waals surface area contributed by atoms with Gasteiger partial charge in [0, 0.05) is 13.5 Å². The summed E-state index contributed by atoms with van der Waals surface area (Å²) in [6, 6.07) is 0. The molecule has 0 aliphatic heterocycles. The maximum Gasteiger partial charge on any atom is 0.157 e. The van der Waals surface area contributed by atoms with Gasteiger partial charge in [0.05, 0.1) is 6.61 Å². The zero-order valence-electron chi connectivity index (χ0n) is 9.46. The van der Waals surface area contributed by atoms with Gasteiger partial charge in [-0.05, 0) is 19.8 Å². The van der Waals surface area contributed by atoms with Crippen LogP contribution in [0.2, 0.25) is 0 Å². The lowest BCUT2D eigenvalue weighted by Gasteiger charge is -2.17. The van der Waals surface area contributed by atoms with Crippen molar-refractivity contribution in [3.05, 3.63) is 11.6 Å². The second-order valence-corrected chi connectivity index (χ2v) is 3.91. The summed E-state index contributed by atoms with van der Waals surface area (Å²) in [6.45, 7) is 9.10. The second kappa shape index (κ2) is 7.10. The SMILES string of the molecule is COC(CC(C)C)OCC=C(C)C. The molecule has 0 N–H and O–H groups in total. The molecule has 0 saturated heterocycles. The van der Waals surface area contributed by atoms with Gasteiger partial charge >= 0.3 is 0 Å². The fraction of sp³-hybridized carbons (Fsp3) is 0.818. The molecular weight excluding hydrogens is 164 g/mol. The predicted molar refractivity (Wildman–Crippen MR) is 55.6 cm³/mol. The van der Waals surface area contributed by atoms with Crippen LogP contribution < -0.4 is 0 Å². The molecular formula is C11H22O2. The quantitative estimate of drug-likeness (QED) is 0.469. The van der Waals surface area contributed by atoms with E-state index in [1.807, 2.05) is 0 Å². The predicted octanol–water partition coefficient (Wildman–Crippen LogP) is 2.99. The van der Waals surface area contributed by atoms with Crippen molar-refractivity contribution in [2.24, 2.45) is 5.92 Å². The monoisotopic (exact) mass is 186 g/mol. The second-order valence-electron chi connectivity index (χ2n) is 3.91. The molecule has 0 aromatic carbocycles. The molecule has 2 nitrogen and oxygen atoms in total. The van der Waals surface area contributed by atoms with Crippen LogP contribution in [0.25, 0.3) is 0 Å². The van der Waals surface area contributed by atoms with Crippen LogP contribution in [0, 0.1) is 5.92 Å².